The minimum Gasteiger partial charge on any atom is -0.478 e. The van der Waals surface area contributed by atoms with Crippen molar-refractivity contribution in [2.45, 2.75) is 20.8 Å². The first kappa shape index (κ1) is 26.8. The number of carboxylic acid groups (broad SMARTS) is 1. The van der Waals surface area contributed by atoms with Crippen molar-refractivity contribution in [2.75, 3.05) is 20.4 Å². The highest BCUT2D eigenvalue weighted by molar-refractivity contribution is 5.90. The van der Waals surface area contributed by atoms with Gasteiger partial charge in [-0.3, -0.25) is 0 Å². The van der Waals surface area contributed by atoms with Crippen molar-refractivity contribution in [1.29, 1.82) is 0 Å². The van der Waals surface area contributed by atoms with Crippen LogP contribution in [0.1, 0.15) is 31.1 Å². The molecule has 0 aromatic heterocycles. The van der Waals surface area contributed by atoms with E-state index in [1.807, 2.05) is 0 Å². The molecule has 0 fully saturated rings. The molecule has 11 nitrogen and oxygen atoms in total. The third kappa shape index (κ3) is 8.77. The highest BCUT2D eigenvalue weighted by atomic mass is 16.7. The summed E-state index contributed by atoms with van der Waals surface area (Å²) in [5.41, 5.74) is 0.0590. The maximum atomic E-state index is 11.6. The van der Waals surface area contributed by atoms with Gasteiger partial charge in [-0.1, -0.05) is 19.7 Å². The molecule has 0 saturated carbocycles. The Bertz CT molecular complexity index is 922. The Kier molecular flexibility index (Phi) is 10.2. The van der Waals surface area contributed by atoms with E-state index < -0.39 is 44.3 Å². The molecule has 0 heterocycles. The molecule has 1 N–H and O–H groups in total. The van der Waals surface area contributed by atoms with Gasteiger partial charge in [0.2, 0.25) is 26.1 Å². The van der Waals surface area contributed by atoms with Crippen LogP contribution in [0.2, 0.25) is 0 Å². The zero-order valence-electron chi connectivity index (χ0n) is 18.4. The van der Waals surface area contributed by atoms with Crippen LogP contribution in [0.3, 0.4) is 0 Å². The van der Waals surface area contributed by atoms with Crippen molar-refractivity contribution in [3.63, 3.8) is 0 Å². The van der Waals surface area contributed by atoms with Crippen LogP contribution in [0.25, 0.3) is 0 Å². The van der Waals surface area contributed by atoms with Crippen LogP contribution in [0.5, 0.6) is 17.2 Å². The number of esters is 3. The van der Waals surface area contributed by atoms with E-state index in [-0.39, 0.29) is 39.5 Å². The number of ether oxygens (including phenoxy) is 6. The fourth-order valence-electron chi connectivity index (χ4n) is 1.86. The molecule has 0 spiro atoms. The Balaban J connectivity index is 3.20. The lowest BCUT2D eigenvalue weighted by molar-refractivity contribution is -0.147. The first-order valence-corrected chi connectivity index (χ1v) is 9.21. The van der Waals surface area contributed by atoms with Gasteiger partial charge in [0.25, 0.3) is 0 Å². The van der Waals surface area contributed by atoms with Crippen LogP contribution in [0.15, 0.2) is 48.6 Å². The maximum Gasteiger partial charge on any atom is 0.335 e. The summed E-state index contributed by atoms with van der Waals surface area (Å²) >= 11 is 0. The predicted octanol–water partition coefficient (Wildman–Crippen LogP) is 2.75. The second-order valence-corrected chi connectivity index (χ2v) is 6.53. The molecule has 33 heavy (non-hydrogen) atoms. The summed E-state index contributed by atoms with van der Waals surface area (Å²) in [6.07, 6.45) is 0. The number of aromatic carboxylic acids is 1. The van der Waals surface area contributed by atoms with Crippen LogP contribution in [-0.4, -0.2) is 49.4 Å². The molecule has 178 valence electrons. The summed E-state index contributed by atoms with van der Waals surface area (Å²) in [4.78, 5) is 46.2. The standard InChI is InChI=1S/C22H24O11/c1-12(2)20(25)31-9-28-16-7-15(19(23)24)8-17(29-10-32-21(26)13(3)4)18(16)30-11-33-22(27)14(5)6/h7-8H,1,3,5,9-11H2,2,4,6H3,(H,23,24). The lowest BCUT2D eigenvalue weighted by atomic mass is 10.2. The highest BCUT2D eigenvalue weighted by Crippen LogP contribution is 2.39. The number of carbonyl (C=O) groups is 4. The molecule has 0 radical (unpaired) electrons. The van der Waals surface area contributed by atoms with Gasteiger partial charge in [0.1, 0.15) is 0 Å². The van der Waals surface area contributed by atoms with Crippen LogP contribution in [0.4, 0.5) is 0 Å². The number of carboxylic acids is 1. The van der Waals surface area contributed by atoms with Gasteiger partial charge in [-0.15, -0.1) is 0 Å². The smallest absolute Gasteiger partial charge is 0.335 e. The van der Waals surface area contributed by atoms with E-state index in [0.717, 1.165) is 12.1 Å². The lowest BCUT2D eigenvalue weighted by Gasteiger charge is -2.18. The van der Waals surface area contributed by atoms with Gasteiger partial charge in [0, 0.05) is 16.7 Å². The number of hydrogen-bond donors (Lipinski definition) is 1. The van der Waals surface area contributed by atoms with E-state index in [1.54, 1.807) is 0 Å². The average molecular weight is 464 g/mol. The molecule has 0 saturated heterocycles. The number of carbonyl (C=O) groups excluding carboxylic acids is 3. The first-order valence-electron chi connectivity index (χ1n) is 9.21. The van der Waals surface area contributed by atoms with Gasteiger partial charge in [-0.2, -0.15) is 0 Å². The largest absolute Gasteiger partial charge is 0.478 e. The van der Waals surface area contributed by atoms with E-state index in [0.29, 0.717) is 0 Å². The summed E-state index contributed by atoms with van der Waals surface area (Å²) < 4.78 is 30.6. The fourth-order valence-corrected chi connectivity index (χ4v) is 1.86. The Morgan fingerprint density at radius 1 is 0.697 bits per heavy atom. The normalized spacial score (nSPS) is 9.79. The van der Waals surface area contributed by atoms with E-state index in [4.69, 9.17) is 28.4 Å². The molecule has 11 heteroatoms. The van der Waals surface area contributed by atoms with E-state index >= 15 is 0 Å². The summed E-state index contributed by atoms with van der Waals surface area (Å²) in [7, 11) is 0. The third-order valence-electron chi connectivity index (χ3n) is 3.52. The molecule has 0 aliphatic carbocycles. The van der Waals surface area contributed by atoms with Crippen LogP contribution in [0, 0.1) is 0 Å². The van der Waals surface area contributed by atoms with Gasteiger partial charge < -0.3 is 33.5 Å². The molecule has 1 aromatic carbocycles. The summed E-state index contributed by atoms with van der Waals surface area (Å²) in [6.45, 7) is 12.7. The first-order chi connectivity index (χ1) is 15.4. The van der Waals surface area contributed by atoms with Crippen LogP contribution < -0.4 is 14.2 Å². The molecule has 0 unspecified atom stereocenters. The molecule has 0 amide bonds. The Morgan fingerprint density at radius 3 is 1.33 bits per heavy atom. The van der Waals surface area contributed by atoms with Crippen molar-refractivity contribution in [3.05, 3.63) is 54.2 Å². The average Bonchev–Trinajstić information content (AvgIpc) is 2.73. The topological polar surface area (TPSA) is 144 Å². The minimum atomic E-state index is -1.34. The minimum absolute atomic E-state index is 0.115. The molecule has 1 aromatic rings. The van der Waals surface area contributed by atoms with Gasteiger partial charge >= 0.3 is 23.9 Å². The van der Waals surface area contributed by atoms with Crippen molar-refractivity contribution >= 4 is 23.9 Å². The van der Waals surface area contributed by atoms with Gasteiger partial charge in [0.15, 0.2) is 11.5 Å². The summed E-state index contributed by atoms with van der Waals surface area (Å²) in [6, 6.07) is 2.14. The van der Waals surface area contributed by atoms with Crippen LogP contribution >= 0.6 is 0 Å². The molecule has 0 atom stereocenters. The van der Waals surface area contributed by atoms with E-state index in [1.165, 1.54) is 20.8 Å². The van der Waals surface area contributed by atoms with Crippen molar-refractivity contribution in [2.24, 2.45) is 0 Å². The lowest BCUT2D eigenvalue weighted by Crippen LogP contribution is -2.15. The van der Waals surface area contributed by atoms with Crippen molar-refractivity contribution in [3.8, 4) is 17.2 Å². The quantitative estimate of drug-likeness (QED) is 0.199. The van der Waals surface area contributed by atoms with Crippen molar-refractivity contribution < 1.29 is 52.7 Å². The molecular formula is C22H24O11. The Labute approximate surface area is 189 Å². The summed E-state index contributed by atoms with van der Waals surface area (Å²) in [5, 5.41) is 9.38. The third-order valence-corrected chi connectivity index (χ3v) is 3.52. The molecular weight excluding hydrogens is 440 g/mol. The molecule has 0 aliphatic rings. The zero-order valence-corrected chi connectivity index (χ0v) is 18.4. The van der Waals surface area contributed by atoms with E-state index in [2.05, 4.69) is 19.7 Å². The molecule has 1 rings (SSSR count). The number of hydrogen-bond acceptors (Lipinski definition) is 10. The zero-order chi connectivity index (χ0) is 25.1. The molecule has 0 bridgehead atoms. The summed E-state index contributed by atoms with van der Waals surface area (Å²) in [5.74, 6) is -4.24. The maximum absolute atomic E-state index is 11.6. The van der Waals surface area contributed by atoms with E-state index in [9.17, 15) is 24.3 Å². The SMILES string of the molecule is C=C(C)C(=O)OCOc1cc(C(=O)O)cc(OCOC(=O)C(=C)C)c1OCOC(=O)C(=C)C. The number of benzene rings is 1. The van der Waals surface area contributed by atoms with Crippen molar-refractivity contribution in [1.82, 2.24) is 0 Å². The predicted molar refractivity (Wildman–Crippen MR) is 113 cm³/mol. The van der Waals surface area contributed by atoms with Gasteiger partial charge in [0.05, 0.1) is 5.56 Å². The van der Waals surface area contributed by atoms with Gasteiger partial charge in [-0.25, -0.2) is 19.2 Å². The fraction of sp³-hybridized carbons (Fsp3) is 0.273. The highest BCUT2D eigenvalue weighted by Gasteiger charge is 2.20. The Hall–Kier alpha value is -4.28. The Morgan fingerprint density at radius 2 is 1.03 bits per heavy atom. The number of rotatable bonds is 13. The van der Waals surface area contributed by atoms with Gasteiger partial charge in [-0.05, 0) is 32.9 Å². The molecule has 0 aliphatic heterocycles. The van der Waals surface area contributed by atoms with Crippen LogP contribution in [-0.2, 0) is 28.6 Å². The second-order valence-electron chi connectivity index (χ2n) is 6.53. The monoisotopic (exact) mass is 464 g/mol. The second kappa shape index (κ2) is 12.5.